The second-order valence-electron chi connectivity index (χ2n) is 8.01. The lowest BCUT2D eigenvalue weighted by molar-refractivity contribution is -0.300. The van der Waals surface area contributed by atoms with Crippen LogP contribution in [-0.4, -0.2) is 66.7 Å². The zero-order chi connectivity index (χ0) is 21.4. The van der Waals surface area contributed by atoms with E-state index in [1.54, 1.807) is 0 Å². The lowest BCUT2D eigenvalue weighted by atomic mass is 9.83. The van der Waals surface area contributed by atoms with Crippen molar-refractivity contribution in [3.8, 4) is 0 Å². The smallest absolute Gasteiger partial charge is 0.377 e. The monoisotopic (exact) mass is 435 g/mol. The van der Waals surface area contributed by atoms with Gasteiger partial charge < -0.3 is 26.2 Å². The van der Waals surface area contributed by atoms with Gasteiger partial charge in [0, 0.05) is 18.6 Å². The fourth-order valence-corrected chi connectivity index (χ4v) is 4.25. The fraction of sp³-hybridized carbons (Fsp3) is 1.00. The third-order valence-electron chi connectivity index (χ3n) is 5.97. The first-order chi connectivity index (χ1) is 13.4. The number of alkyl halides is 6. The van der Waals surface area contributed by atoms with Crippen molar-refractivity contribution in [2.75, 3.05) is 13.1 Å². The van der Waals surface area contributed by atoms with Gasteiger partial charge >= 0.3 is 12.4 Å². The summed E-state index contributed by atoms with van der Waals surface area (Å²) in [5.74, 6) is -1.69. The van der Waals surface area contributed by atoms with Crippen molar-refractivity contribution in [3.63, 3.8) is 0 Å². The van der Waals surface area contributed by atoms with E-state index in [1.807, 2.05) is 0 Å². The molecule has 0 saturated carbocycles. The average molecular weight is 435 g/mol. The van der Waals surface area contributed by atoms with E-state index in [2.05, 4.69) is 21.5 Å². The Morgan fingerprint density at radius 2 is 1.76 bits per heavy atom. The molecule has 13 heteroatoms. The number of piperidine rings is 1. The van der Waals surface area contributed by atoms with E-state index in [9.17, 15) is 31.4 Å². The van der Waals surface area contributed by atoms with Crippen LogP contribution in [0.1, 0.15) is 32.1 Å². The predicted molar refractivity (Wildman–Crippen MR) is 90.1 cm³/mol. The summed E-state index contributed by atoms with van der Waals surface area (Å²) in [6.45, 7) is 0.410. The molecular weight excluding hydrogens is 408 g/mol. The highest BCUT2D eigenvalue weighted by atomic mass is 19.4. The lowest BCUT2D eigenvalue weighted by Crippen LogP contribution is -2.68. The lowest BCUT2D eigenvalue weighted by Gasteiger charge is -2.44. The van der Waals surface area contributed by atoms with Gasteiger partial charge in [-0.1, -0.05) is 12.8 Å². The Labute approximate surface area is 164 Å². The first-order valence-electron chi connectivity index (χ1n) is 9.68. The molecule has 3 heterocycles. The Hall–Kier alpha value is -0.700. The van der Waals surface area contributed by atoms with Crippen molar-refractivity contribution in [2.24, 2.45) is 11.7 Å². The Kier molecular flexibility index (Phi) is 6.69. The summed E-state index contributed by atoms with van der Waals surface area (Å²) in [6.07, 6.45) is -12.4. The third kappa shape index (κ3) is 4.81. The summed E-state index contributed by atoms with van der Waals surface area (Å²) in [5, 5.41) is 16.1. The van der Waals surface area contributed by atoms with Crippen molar-refractivity contribution >= 4 is 0 Å². The molecule has 0 radical (unpaired) electrons. The summed E-state index contributed by atoms with van der Waals surface area (Å²) < 4.78 is 86.6. The van der Waals surface area contributed by atoms with Crippen LogP contribution in [0, 0.1) is 5.92 Å². The van der Waals surface area contributed by atoms with E-state index in [0.717, 1.165) is 0 Å². The molecule has 7 nitrogen and oxygen atoms in total. The number of halogens is 6. The normalized spacial score (nSPS) is 43.0. The number of nitrogens with one attached hydrogen (secondary N) is 4. The maximum Gasteiger partial charge on any atom is 0.421 e. The van der Waals surface area contributed by atoms with Crippen molar-refractivity contribution in [3.05, 3.63) is 0 Å². The van der Waals surface area contributed by atoms with Crippen LogP contribution >= 0.6 is 0 Å². The molecule has 0 aromatic carbocycles. The molecule has 29 heavy (non-hydrogen) atoms. The summed E-state index contributed by atoms with van der Waals surface area (Å²) in [5.41, 5.74) is 7.62. The van der Waals surface area contributed by atoms with E-state index in [-0.39, 0.29) is 19.4 Å². The number of hydrazine groups is 1. The van der Waals surface area contributed by atoms with Crippen LogP contribution < -0.4 is 27.2 Å². The second kappa shape index (κ2) is 8.44. The van der Waals surface area contributed by atoms with E-state index >= 15 is 0 Å². The van der Waals surface area contributed by atoms with Gasteiger partial charge in [-0.3, -0.25) is 0 Å². The summed E-state index contributed by atoms with van der Waals surface area (Å²) in [6, 6.07) is -2.89. The Balaban J connectivity index is 1.83. The van der Waals surface area contributed by atoms with Crippen LogP contribution in [0.15, 0.2) is 0 Å². The standard InChI is InChI=1S/C16H27F6N5O2/c17-15(18,19)8-6-9(23)11-12-26-27-13(29-12)14(28,16(20,21)22)4-2-1-3-5-24-7-10(8)25-11/h8-13,24-28H,1-7,23H2/t8?,9?,10?,11?,12?,13?,14-/m0/s1. The van der Waals surface area contributed by atoms with Gasteiger partial charge in [-0.15, -0.1) is 0 Å². The molecule has 3 rings (SSSR count). The SMILES string of the molecule is NC1CC(C(F)(F)F)C2CNCCCCC[C@@](O)(C(F)(F)F)C3NNC(O3)C1N2. The minimum atomic E-state index is -4.96. The molecule has 0 aliphatic carbocycles. The van der Waals surface area contributed by atoms with Crippen LogP contribution in [0.25, 0.3) is 0 Å². The quantitative estimate of drug-likeness (QED) is 0.307. The first-order valence-corrected chi connectivity index (χ1v) is 9.68. The molecule has 0 amide bonds. The van der Waals surface area contributed by atoms with E-state index < -0.39 is 60.9 Å². The minimum Gasteiger partial charge on any atom is -0.377 e. The molecule has 3 aliphatic heterocycles. The largest absolute Gasteiger partial charge is 0.421 e. The molecule has 7 N–H and O–H groups in total. The predicted octanol–water partition coefficient (Wildman–Crippen LogP) is 0.456. The number of nitrogens with two attached hydrogens (primary N) is 1. The molecular formula is C16H27F6N5O2. The topological polar surface area (TPSA) is 104 Å². The maximum atomic E-state index is 13.6. The van der Waals surface area contributed by atoms with Gasteiger partial charge in [0.15, 0.2) is 6.23 Å². The highest BCUT2D eigenvalue weighted by molar-refractivity contribution is 5.03. The number of hydrogen-bond acceptors (Lipinski definition) is 7. The Morgan fingerprint density at radius 1 is 1.03 bits per heavy atom. The molecule has 3 fully saturated rings. The van der Waals surface area contributed by atoms with Gasteiger partial charge in [0.2, 0.25) is 5.60 Å². The zero-order valence-electron chi connectivity index (χ0n) is 15.6. The zero-order valence-corrected chi connectivity index (χ0v) is 15.6. The molecule has 7 atom stereocenters. The van der Waals surface area contributed by atoms with Crippen molar-refractivity contribution in [1.29, 1.82) is 0 Å². The van der Waals surface area contributed by atoms with E-state index in [0.29, 0.717) is 19.4 Å². The van der Waals surface area contributed by atoms with E-state index in [4.69, 9.17) is 10.5 Å². The van der Waals surface area contributed by atoms with Gasteiger partial charge in [-0.05, 0) is 25.8 Å². The average Bonchev–Trinajstić information content (AvgIpc) is 3.09. The van der Waals surface area contributed by atoms with Crippen LogP contribution in [-0.2, 0) is 4.74 Å². The summed E-state index contributed by atoms with van der Waals surface area (Å²) in [7, 11) is 0. The maximum absolute atomic E-state index is 13.6. The molecule has 4 bridgehead atoms. The van der Waals surface area contributed by atoms with E-state index in [1.165, 1.54) is 0 Å². The highest BCUT2D eigenvalue weighted by Gasteiger charge is 2.61. The second-order valence-corrected chi connectivity index (χ2v) is 8.01. The van der Waals surface area contributed by atoms with Crippen LogP contribution in [0.2, 0.25) is 0 Å². The molecule has 6 unspecified atom stereocenters. The van der Waals surface area contributed by atoms with Gasteiger partial charge in [-0.25, -0.2) is 10.9 Å². The molecule has 0 aromatic heterocycles. The van der Waals surface area contributed by atoms with Crippen LogP contribution in [0.5, 0.6) is 0 Å². The van der Waals surface area contributed by atoms with Crippen LogP contribution in [0.4, 0.5) is 26.3 Å². The van der Waals surface area contributed by atoms with Crippen molar-refractivity contribution in [1.82, 2.24) is 21.5 Å². The first kappa shape index (κ1) is 23.0. The van der Waals surface area contributed by atoms with Crippen molar-refractivity contribution < 1.29 is 36.2 Å². The van der Waals surface area contributed by atoms with Gasteiger partial charge in [-0.2, -0.15) is 26.3 Å². The number of rotatable bonds is 0. The Morgan fingerprint density at radius 3 is 2.41 bits per heavy atom. The van der Waals surface area contributed by atoms with Crippen LogP contribution in [0.3, 0.4) is 0 Å². The molecule has 0 aromatic rings. The third-order valence-corrected chi connectivity index (χ3v) is 5.97. The van der Waals surface area contributed by atoms with Gasteiger partial charge in [0.05, 0.1) is 12.0 Å². The summed E-state index contributed by atoms with van der Waals surface area (Å²) in [4.78, 5) is 0. The molecule has 3 aliphatic rings. The fourth-order valence-electron chi connectivity index (χ4n) is 4.25. The Bertz CT molecular complexity index is 565. The number of ether oxygens (including phenoxy) is 1. The number of fused-ring (bicyclic) bond motifs is 5. The highest BCUT2D eigenvalue weighted by Crippen LogP contribution is 2.40. The number of aliphatic hydroxyl groups is 1. The van der Waals surface area contributed by atoms with Crippen molar-refractivity contribution in [2.45, 2.75) is 80.6 Å². The molecule has 0 spiro atoms. The molecule has 170 valence electrons. The van der Waals surface area contributed by atoms with Gasteiger partial charge in [0.25, 0.3) is 0 Å². The number of hydrogen-bond donors (Lipinski definition) is 6. The summed E-state index contributed by atoms with van der Waals surface area (Å²) >= 11 is 0. The molecule has 3 saturated heterocycles. The minimum absolute atomic E-state index is 0.0451. The van der Waals surface area contributed by atoms with Gasteiger partial charge in [0.1, 0.15) is 6.23 Å².